The van der Waals surface area contributed by atoms with Crippen molar-refractivity contribution in [3.8, 4) is 11.5 Å². The lowest BCUT2D eigenvalue weighted by molar-refractivity contribution is -0.215. The molecular formula is C23H22N4O6. The molecule has 0 bridgehead atoms. The lowest BCUT2D eigenvalue weighted by Crippen LogP contribution is -2.59. The van der Waals surface area contributed by atoms with Gasteiger partial charge in [0.2, 0.25) is 0 Å². The molecule has 0 radical (unpaired) electrons. The second-order valence-electron chi connectivity index (χ2n) is 7.14. The predicted octanol–water partition coefficient (Wildman–Crippen LogP) is 2.55. The summed E-state index contributed by atoms with van der Waals surface area (Å²) in [6, 6.07) is 3.48. The molecule has 2 aromatic rings. The Morgan fingerprint density at radius 2 is 1.45 bits per heavy atom. The molecule has 170 valence electrons. The molecule has 0 atom stereocenters. The fourth-order valence-electron chi connectivity index (χ4n) is 3.71. The first kappa shape index (κ1) is 21.9. The van der Waals surface area contributed by atoms with Crippen LogP contribution in [0.1, 0.15) is 6.42 Å². The van der Waals surface area contributed by atoms with E-state index in [2.05, 4.69) is 23.1 Å². The highest BCUT2D eigenvalue weighted by Crippen LogP contribution is 2.35. The maximum absolute atomic E-state index is 12.5. The van der Waals surface area contributed by atoms with Gasteiger partial charge >= 0.3 is 17.8 Å². The summed E-state index contributed by atoms with van der Waals surface area (Å²) < 4.78 is 22.2. The molecule has 0 saturated carbocycles. The zero-order valence-corrected chi connectivity index (χ0v) is 17.8. The van der Waals surface area contributed by atoms with E-state index in [1.807, 2.05) is 4.90 Å². The molecule has 2 aromatic heterocycles. The molecule has 10 heteroatoms. The Bertz CT molecular complexity index is 1080. The van der Waals surface area contributed by atoms with Crippen LogP contribution in [0.3, 0.4) is 0 Å². The zero-order chi connectivity index (χ0) is 23.3. The van der Waals surface area contributed by atoms with Crippen molar-refractivity contribution in [2.75, 3.05) is 29.4 Å². The van der Waals surface area contributed by atoms with Gasteiger partial charge in [-0.1, -0.05) is 13.2 Å². The van der Waals surface area contributed by atoms with Gasteiger partial charge in [0.1, 0.15) is 18.0 Å². The molecule has 0 aromatic carbocycles. The topological polar surface area (TPSA) is 103 Å². The van der Waals surface area contributed by atoms with Gasteiger partial charge in [0.15, 0.2) is 0 Å². The van der Waals surface area contributed by atoms with E-state index in [1.165, 1.54) is 18.7 Å². The number of nitrogens with zero attached hydrogens (tertiary/aromatic N) is 4. The van der Waals surface area contributed by atoms with Gasteiger partial charge in [-0.3, -0.25) is 14.9 Å². The van der Waals surface area contributed by atoms with Crippen LogP contribution in [0.15, 0.2) is 74.8 Å². The minimum absolute atomic E-state index is 0.0118. The predicted molar refractivity (Wildman–Crippen MR) is 118 cm³/mol. The van der Waals surface area contributed by atoms with Crippen LogP contribution < -0.4 is 19.3 Å². The van der Waals surface area contributed by atoms with E-state index in [1.54, 1.807) is 35.6 Å². The van der Waals surface area contributed by atoms with Crippen LogP contribution in [0.2, 0.25) is 0 Å². The Labute approximate surface area is 190 Å². The summed E-state index contributed by atoms with van der Waals surface area (Å²) in [5.41, 5.74) is 1.24. The van der Waals surface area contributed by atoms with Crippen LogP contribution in [0.4, 0.5) is 11.4 Å². The summed E-state index contributed by atoms with van der Waals surface area (Å²) >= 11 is 0. The lowest BCUT2D eigenvalue weighted by Gasteiger charge is -2.41. The molecule has 4 rings (SSSR count). The van der Waals surface area contributed by atoms with Gasteiger partial charge in [0.25, 0.3) is 0 Å². The van der Waals surface area contributed by atoms with Crippen LogP contribution in [-0.4, -0.2) is 47.5 Å². The number of esters is 2. The average molecular weight is 450 g/mol. The highest BCUT2D eigenvalue weighted by Gasteiger charge is 2.49. The second kappa shape index (κ2) is 9.43. The lowest BCUT2D eigenvalue weighted by atomic mass is 10.2. The molecule has 2 aliphatic heterocycles. The van der Waals surface area contributed by atoms with E-state index in [4.69, 9.17) is 18.9 Å². The largest absolute Gasteiger partial charge is 0.464 e. The molecule has 0 amide bonds. The first-order valence-electron chi connectivity index (χ1n) is 10.1. The fourth-order valence-corrected chi connectivity index (χ4v) is 3.71. The quantitative estimate of drug-likeness (QED) is 0.482. The molecule has 2 aliphatic rings. The summed E-state index contributed by atoms with van der Waals surface area (Å²) in [5.74, 6) is -2.26. The Balaban J connectivity index is 1.76. The van der Waals surface area contributed by atoms with E-state index in [-0.39, 0.29) is 6.54 Å². The molecule has 4 heterocycles. The normalized spacial score (nSPS) is 17.5. The summed E-state index contributed by atoms with van der Waals surface area (Å²) in [4.78, 5) is 36.9. The first-order chi connectivity index (χ1) is 16.0. The molecule has 1 spiro atoms. The summed E-state index contributed by atoms with van der Waals surface area (Å²) in [5, 5.41) is 0. The van der Waals surface area contributed by atoms with Gasteiger partial charge in [-0.2, -0.15) is 0 Å². The molecule has 0 aliphatic carbocycles. The SMILES string of the molecule is C=COc1cncc(N2CCCN(c3cncc(OC=C)c3)C3(C2)OC(=O)C=CC(=O)O3)c1. The Morgan fingerprint density at radius 3 is 2.06 bits per heavy atom. The maximum Gasteiger partial charge on any atom is 0.361 e. The molecular weight excluding hydrogens is 428 g/mol. The highest BCUT2D eigenvalue weighted by atomic mass is 16.8. The van der Waals surface area contributed by atoms with Crippen LogP contribution >= 0.6 is 0 Å². The third kappa shape index (κ3) is 4.79. The molecule has 1 fully saturated rings. The number of aromatic nitrogens is 2. The molecule has 0 N–H and O–H groups in total. The van der Waals surface area contributed by atoms with Crippen LogP contribution in [0.5, 0.6) is 11.5 Å². The van der Waals surface area contributed by atoms with Crippen LogP contribution in [-0.2, 0) is 19.1 Å². The molecule has 10 nitrogen and oxygen atoms in total. The smallest absolute Gasteiger partial charge is 0.361 e. The molecule has 0 unspecified atom stereocenters. The summed E-state index contributed by atoms with van der Waals surface area (Å²) in [6.07, 6.45) is 11.6. The number of pyridine rings is 2. The number of hydrogen-bond donors (Lipinski definition) is 0. The number of carbonyl (C=O) groups is 2. The Morgan fingerprint density at radius 1 is 0.879 bits per heavy atom. The number of anilines is 2. The molecule has 33 heavy (non-hydrogen) atoms. The summed E-state index contributed by atoms with van der Waals surface area (Å²) in [6.45, 7) is 8.08. The van der Waals surface area contributed by atoms with E-state index in [0.29, 0.717) is 42.4 Å². The highest BCUT2D eigenvalue weighted by molar-refractivity contribution is 5.93. The van der Waals surface area contributed by atoms with Crippen molar-refractivity contribution in [3.05, 3.63) is 74.8 Å². The first-order valence-corrected chi connectivity index (χ1v) is 10.1. The van der Waals surface area contributed by atoms with E-state index < -0.39 is 17.8 Å². The van der Waals surface area contributed by atoms with E-state index >= 15 is 0 Å². The van der Waals surface area contributed by atoms with Gasteiger partial charge in [-0.05, 0) is 6.42 Å². The van der Waals surface area contributed by atoms with Gasteiger partial charge in [-0.25, -0.2) is 9.59 Å². The summed E-state index contributed by atoms with van der Waals surface area (Å²) in [7, 11) is 0. The van der Waals surface area contributed by atoms with Crippen molar-refractivity contribution in [2.45, 2.75) is 12.3 Å². The number of hydrogen-bond acceptors (Lipinski definition) is 10. The van der Waals surface area contributed by atoms with Gasteiger partial charge < -0.3 is 23.8 Å². The zero-order valence-electron chi connectivity index (χ0n) is 17.8. The fraction of sp³-hybridized carbons (Fsp3) is 0.217. The number of rotatable bonds is 6. The second-order valence-corrected chi connectivity index (χ2v) is 7.14. The minimum Gasteiger partial charge on any atom is -0.464 e. The third-order valence-electron chi connectivity index (χ3n) is 5.00. The van der Waals surface area contributed by atoms with Gasteiger partial charge in [0.05, 0.1) is 48.7 Å². The third-order valence-corrected chi connectivity index (χ3v) is 5.00. The van der Waals surface area contributed by atoms with Crippen molar-refractivity contribution >= 4 is 23.3 Å². The monoisotopic (exact) mass is 450 g/mol. The minimum atomic E-state index is -1.77. The maximum atomic E-state index is 12.5. The Kier molecular flexibility index (Phi) is 6.25. The molecule has 1 saturated heterocycles. The van der Waals surface area contributed by atoms with E-state index in [0.717, 1.165) is 12.2 Å². The average Bonchev–Trinajstić information content (AvgIpc) is 3.07. The van der Waals surface area contributed by atoms with Crippen molar-refractivity contribution < 1.29 is 28.5 Å². The van der Waals surface area contributed by atoms with Crippen molar-refractivity contribution in [3.63, 3.8) is 0 Å². The van der Waals surface area contributed by atoms with Crippen LogP contribution in [0.25, 0.3) is 0 Å². The van der Waals surface area contributed by atoms with Crippen molar-refractivity contribution in [2.24, 2.45) is 0 Å². The van der Waals surface area contributed by atoms with Gasteiger partial charge in [0, 0.05) is 37.4 Å². The standard InChI is InChI=1S/C23H22N4O6/c1-3-30-19-10-17(12-24-14-19)26-8-5-9-27(18-11-20(31-4-2)15-25-13-18)23(16-26)32-21(28)6-7-22(29)33-23/h3-4,6-7,10-15H,1-2,5,8-9,16H2. The Hall–Kier alpha value is -4.34. The van der Waals surface area contributed by atoms with Crippen LogP contribution in [0, 0.1) is 0 Å². The van der Waals surface area contributed by atoms with Crippen molar-refractivity contribution in [1.82, 2.24) is 9.97 Å². The van der Waals surface area contributed by atoms with E-state index in [9.17, 15) is 9.59 Å². The number of carbonyl (C=O) groups excluding carboxylic acids is 2. The number of ether oxygens (including phenoxy) is 4. The van der Waals surface area contributed by atoms with Crippen molar-refractivity contribution in [1.29, 1.82) is 0 Å². The van der Waals surface area contributed by atoms with Gasteiger partial charge in [-0.15, -0.1) is 0 Å².